The van der Waals surface area contributed by atoms with Gasteiger partial charge in [-0.1, -0.05) is 6.92 Å². The number of aliphatic hydroxyl groups is 1. The van der Waals surface area contributed by atoms with Gasteiger partial charge in [-0.25, -0.2) is 0 Å². The molecule has 1 unspecified atom stereocenters. The molecule has 0 saturated heterocycles. The molecular formula is C12H19N2O3+. The van der Waals surface area contributed by atoms with Crippen LogP contribution in [0.25, 0.3) is 0 Å². The zero-order chi connectivity index (χ0) is 12.7. The summed E-state index contributed by atoms with van der Waals surface area (Å²) in [5.74, 6) is 0. The third-order valence-electron chi connectivity index (χ3n) is 2.67. The van der Waals surface area contributed by atoms with Gasteiger partial charge >= 0.3 is 0 Å². The summed E-state index contributed by atoms with van der Waals surface area (Å²) >= 11 is 0. The number of nitro benzene ring substituents is 1. The average molecular weight is 239 g/mol. The Labute approximate surface area is 101 Å². The highest BCUT2D eigenvalue weighted by molar-refractivity contribution is 5.32. The van der Waals surface area contributed by atoms with Gasteiger partial charge in [-0.2, -0.15) is 0 Å². The normalized spacial score (nSPS) is 12.4. The first kappa shape index (κ1) is 13.6. The first-order valence-corrected chi connectivity index (χ1v) is 5.85. The van der Waals surface area contributed by atoms with Crippen LogP contribution in [0.1, 0.15) is 18.9 Å². The van der Waals surface area contributed by atoms with E-state index in [1.807, 2.05) is 0 Å². The van der Waals surface area contributed by atoms with Gasteiger partial charge in [-0.3, -0.25) is 10.1 Å². The fraction of sp³-hybridized carbons (Fsp3) is 0.500. The predicted molar refractivity (Wildman–Crippen MR) is 64.9 cm³/mol. The van der Waals surface area contributed by atoms with Crippen molar-refractivity contribution in [2.24, 2.45) is 0 Å². The molecule has 1 rings (SSSR count). The van der Waals surface area contributed by atoms with Gasteiger partial charge in [0.05, 0.1) is 18.1 Å². The summed E-state index contributed by atoms with van der Waals surface area (Å²) in [6.07, 6.45) is 1.06. The molecule has 0 bridgehead atoms. The largest absolute Gasteiger partial charge is 0.391 e. The third-order valence-corrected chi connectivity index (χ3v) is 2.67. The van der Waals surface area contributed by atoms with Crippen LogP contribution in [0.5, 0.6) is 0 Å². The minimum absolute atomic E-state index is 0.118. The van der Waals surface area contributed by atoms with E-state index in [-0.39, 0.29) is 12.3 Å². The molecule has 1 aromatic rings. The first-order chi connectivity index (χ1) is 8.17. The molecule has 0 fully saturated rings. The zero-order valence-corrected chi connectivity index (χ0v) is 10.1. The Morgan fingerprint density at radius 1 is 1.29 bits per heavy atom. The van der Waals surface area contributed by atoms with Crippen molar-refractivity contribution in [3.63, 3.8) is 0 Å². The lowest BCUT2D eigenvalue weighted by Gasteiger charge is -2.17. The molecule has 94 valence electrons. The fourth-order valence-electron chi connectivity index (χ4n) is 1.84. The standard InChI is InChI=1S/C12H18N2O3/c1-2-7-13(8-9-15)10-11-3-5-12(6-4-11)14(16)17/h3-6,15H,2,7-10H2,1H3/p+1. The smallest absolute Gasteiger partial charge is 0.269 e. The molecule has 0 amide bonds. The van der Waals surface area contributed by atoms with E-state index in [1.165, 1.54) is 17.0 Å². The number of rotatable bonds is 7. The SMILES string of the molecule is CCC[NH+](CCO)Cc1ccc([N+](=O)[O-])cc1. The van der Waals surface area contributed by atoms with Crippen LogP contribution in [0.2, 0.25) is 0 Å². The molecule has 0 aliphatic rings. The lowest BCUT2D eigenvalue weighted by atomic mass is 10.2. The van der Waals surface area contributed by atoms with Gasteiger partial charge in [-0.15, -0.1) is 0 Å². The van der Waals surface area contributed by atoms with E-state index in [1.54, 1.807) is 12.1 Å². The Balaban J connectivity index is 2.62. The maximum atomic E-state index is 10.5. The number of nitrogens with one attached hydrogen (secondary N) is 1. The second-order valence-corrected chi connectivity index (χ2v) is 4.07. The predicted octanol–water partition coefficient (Wildman–Crippen LogP) is 0.382. The molecule has 0 aliphatic carbocycles. The summed E-state index contributed by atoms with van der Waals surface area (Å²) in [6, 6.07) is 6.62. The van der Waals surface area contributed by atoms with Crippen LogP contribution in [0.3, 0.4) is 0 Å². The van der Waals surface area contributed by atoms with E-state index in [0.29, 0.717) is 6.54 Å². The molecule has 0 heterocycles. The van der Waals surface area contributed by atoms with E-state index in [0.717, 1.165) is 25.1 Å². The lowest BCUT2D eigenvalue weighted by molar-refractivity contribution is -0.914. The van der Waals surface area contributed by atoms with Gasteiger partial charge in [0.15, 0.2) is 0 Å². The van der Waals surface area contributed by atoms with E-state index in [9.17, 15) is 10.1 Å². The molecule has 1 aromatic carbocycles. The van der Waals surface area contributed by atoms with Crippen LogP contribution in [-0.2, 0) is 6.54 Å². The first-order valence-electron chi connectivity index (χ1n) is 5.85. The van der Waals surface area contributed by atoms with E-state index in [2.05, 4.69) is 6.92 Å². The van der Waals surface area contributed by atoms with Crippen LogP contribution in [0.4, 0.5) is 5.69 Å². The molecule has 5 nitrogen and oxygen atoms in total. The van der Waals surface area contributed by atoms with Crippen molar-refractivity contribution in [2.45, 2.75) is 19.9 Å². The molecule has 17 heavy (non-hydrogen) atoms. The van der Waals surface area contributed by atoms with Crippen LogP contribution < -0.4 is 4.90 Å². The maximum Gasteiger partial charge on any atom is 0.269 e. The molecule has 2 N–H and O–H groups in total. The minimum atomic E-state index is -0.395. The highest BCUT2D eigenvalue weighted by Gasteiger charge is 2.09. The maximum absolute atomic E-state index is 10.5. The third kappa shape index (κ3) is 4.50. The van der Waals surface area contributed by atoms with Gasteiger partial charge < -0.3 is 10.0 Å². The number of benzene rings is 1. The van der Waals surface area contributed by atoms with E-state index >= 15 is 0 Å². The Bertz CT molecular complexity index is 345. The van der Waals surface area contributed by atoms with Crippen molar-refractivity contribution in [2.75, 3.05) is 19.7 Å². The Kier molecular flexibility index (Phi) is 5.59. The highest BCUT2D eigenvalue weighted by atomic mass is 16.6. The second-order valence-electron chi connectivity index (χ2n) is 4.07. The van der Waals surface area contributed by atoms with Crippen molar-refractivity contribution < 1.29 is 14.9 Å². The highest BCUT2D eigenvalue weighted by Crippen LogP contribution is 2.10. The molecule has 5 heteroatoms. The van der Waals surface area contributed by atoms with Gasteiger partial charge in [-0.05, 0) is 18.6 Å². The average Bonchev–Trinajstić information content (AvgIpc) is 2.30. The summed E-state index contributed by atoms with van der Waals surface area (Å²) < 4.78 is 0. The number of non-ortho nitro benzene ring substituents is 1. The van der Waals surface area contributed by atoms with Gasteiger partial charge in [0.2, 0.25) is 0 Å². The van der Waals surface area contributed by atoms with E-state index in [4.69, 9.17) is 5.11 Å². The topological polar surface area (TPSA) is 67.8 Å². The Morgan fingerprint density at radius 3 is 2.41 bits per heavy atom. The molecule has 0 radical (unpaired) electrons. The van der Waals surface area contributed by atoms with Gasteiger partial charge in [0, 0.05) is 17.7 Å². The summed E-state index contributed by atoms with van der Waals surface area (Å²) in [4.78, 5) is 11.4. The van der Waals surface area contributed by atoms with Crippen molar-refractivity contribution in [3.05, 3.63) is 39.9 Å². The second kappa shape index (κ2) is 6.98. The quantitative estimate of drug-likeness (QED) is 0.534. The van der Waals surface area contributed by atoms with Crippen molar-refractivity contribution >= 4 is 5.69 Å². The molecule has 0 aromatic heterocycles. The number of hydrogen-bond donors (Lipinski definition) is 2. The molecule has 1 atom stereocenters. The van der Waals surface area contributed by atoms with Crippen LogP contribution in [0.15, 0.2) is 24.3 Å². The molecule has 0 spiro atoms. The number of aliphatic hydroxyl groups excluding tert-OH is 1. The summed E-state index contributed by atoms with van der Waals surface area (Å²) in [6.45, 7) is 4.78. The minimum Gasteiger partial charge on any atom is -0.391 e. The number of nitrogens with zero attached hydrogens (tertiary/aromatic N) is 1. The number of quaternary nitrogens is 1. The van der Waals surface area contributed by atoms with E-state index < -0.39 is 4.92 Å². The molecular weight excluding hydrogens is 220 g/mol. The number of nitro groups is 1. The van der Waals surface area contributed by atoms with Crippen LogP contribution in [-0.4, -0.2) is 29.7 Å². The monoisotopic (exact) mass is 239 g/mol. The zero-order valence-electron chi connectivity index (χ0n) is 10.1. The Hall–Kier alpha value is -1.46. The summed E-state index contributed by atoms with van der Waals surface area (Å²) in [5, 5.41) is 19.5. The molecule has 0 aliphatic heterocycles. The number of hydrogen-bond acceptors (Lipinski definition) is 3. The Morgan fingerprint density at radius 2 is 1.94 bits per heavy atom. The van der Waals surface area contributed by atoms with Crippen molar-refractivity contribution in [3.8, 4) is 0 Å². The van der Waals surface area contributed by atoms with Crippen molar-refractivity contribution in [1.82, 2.24) is 0 Å². The van der Waals surface area contributed by atoms with Gasteiger partial charge in [0.25, 0.3) is 5.69 Å². The van der Waals surface area contributed by atoms with Crippen LogP contribution in [0, 0.1) is 10.1 Å². The van der Waals surface area contributed by atoms with Gasteiger partial charge in [0.1, 0.15) is 13.1 Å². The lowest BCUT2D eigenvalue weighted by Crippen LogP contribution is -3.11. The summed E-state index contributed by atoms with van der Waals surface area (Å²) in [7, 11) is 0. The van der Waals surface area contributed by atoms with Crippen molar-refractivity contribution in [1.29, 1.82) is 0 Å². The van der Waals surface area contributed by atoms with Crippen LogP contribution >= 0.6 is 0 Å². The molecule has 0 saturated carbocycles. The fourth-order valence-corrected chi connectivity index (χ4v) is 1.84. The summed E-state index contributed by atoms with van der Waals surface area (Å²) in [5.41, 5.74) is 1.18.